The van der Waals surface area contributed by atoms with Crippen LogP contribution in [-0.4, -0.2) is 35.1 Å². The molecule has 2 aromatic carbocycles. The maximum Gasteiger partial charge on any atom is 0.278 e. The zero-order chi connectivity index (χ0) is 21.7. The topological polar surface area (TPSA) is 77.0 Å². The Balaban J connectivity index is 1.41. The minimum absolute atomic E-state index is 0.210. The van der Waals surface area contributed by atoms with E-state index in [9.17, 15) is 9.90 Å². The molecular formula is C25H31NO5. The first-order chi connectivity index (χ1) is 15.0. The van der Waals surface area contributed by atoms with Gasteiger partial charge >= 0.3 is 0 Å². The van der Waals surface area contributed by atoms with Crippen molar-refractivity contribution in [2.45, 2.75) is 69.5 Å². The molecule has 1 aliphatic heterocycles. The van der Waals surface area contributed by atoms with E-state index in [1.165, 1.54) is 0 Å². The van der Waals surface area contributed by atoms with Crippen LogP contribution in [0.2, 0.25) is 0 Å². The molecule has 2 N–H and O–H groups in total. The van der Waals surface area contributed by atoms with Crippen LogP contribution < -0.4 is 5.48 Å². The van der Waals surface area contributed by atoms with E-state index in [0.717, 1.165) is 42.4 Å². The van der Waals surface area contributed by atoms with Crippen molar-refractivity contribution < 1.29 is 24.2 Å². The van der Waals surface area contributed by atoms with Crippen LogP contribution in [0.3, 0.4) is 0 Å². The third-order valence-corrected chi connectivity index (χ3v) is 6.51. The molecular weight excluding hydrogens is 394 g/mol. The van der Waals surface area contributed by atoms with E-state index in [1.807, 2.05) is 42.5 Å². The van der Waals surface area contributed by atoms with Crippen molar-refractivity contribution in [2.75, 3.05) is 6.61 Å². The zero-order valence-electron chi connectivity index (χ0n) is 18.0. The average Bonchev–Trinajstić information content (AvgIpc) is 2.81. The summed E-state index contributed by atoms with van der Waals surface area (Å²) >= 11 is 0. The van der Waals surface area contributed by atoms with Crippen molar-refractivity contribution in [1.29, 1.82) is 0 Å². The molecule has 1 heterocycles. The Hall–Kier alpha value is -2.25. The number of hydrogen-bond acceptors (Lipinski definition) is 5. The normalized spacial score (nSPS) is 22.2. The molecule has 0 radical (unpaired) electrons. The van der Waals surface area contributed by atoms with Crippen molar-refractivity contribution in [3.8, 4) is 11.1 Å². The van der Waals surface area contributed by atoms with Crippen molar-refractivity contribution in [1.82, 2.24) is 5.48 Å². The van der Waals surface area contributed by atoms with Gasteiger partial charge in [0.15, 0.2) is 11.9 Å². The van der Waals surface area contributed by atoms with E-state index in [1.54, 1.807) is 6.92 Å². The average molecular weight is 426 g/mol. The first-order valence-electron chi connectivity index (χ1n) is 11.1. The summed E-state index contributed by atoms with van der Waals surface area (Å²) in [5, 5.41) is 11.0. The van der Waals surface area contributed by atoms with Gasteiger partial charge in [0.25, 0.3) is 5.91 Å². The smallest absolute Gasteiger partial charge is 0.278 e. The van der Waals surface area contributed by atoms with Crippen molar-refractivity contribution in [3.63, 3.8) is 0 Å². The molecule has 4 rings (SSSR count). The Kier molecular flexibility index (Phi) is 6.72. The summed E-state index contributed by atoms with van der Waals surface area (Å²) in [7, 11) is 0. The van der Waals surface area contributed by atoms with Gasteiger partial charge in [0.05, 0.1) is 6.61 Å². The number of carbonyl (C=O) groups excluding carboxylic acids is 1. The van der Waals surface area contributed by atoms with Gasteiger partial charge < -0.3 is 14.6 Å². The molecule has 0 aromatic heterocycles. The van der Waals surface area contributed by atoms with E-state index in [4.69, 9.17) is 14.3 Å². The van der Waals surface area contributed by atoms with Gasteiger partial charge in [-0.15, -0.1) is 0 Å². The van der Waals surface area contributed by atoms with Crippen LogP contribution in [0, 0.1) is 0 Å². The Labute approximate surface area is 183 Å². The highest BCUT2D eigenvalue weighted by atomic mass is 16.8. The van der Waals surface area contributed by atoms with Gasteiger partial charge in [0.2, 0.25) is 0 Å². The van der Waals surface area contributed by atoms with E-state index in [0.29, 0.717) is 19.4 Å². The van der Waals surface area contributed by atoms with Crippen LogP contribution in [0.5, 0.6) is 0 Å². The Morgan fingerprint density at radius 3 is 2.42 bits per heavy atom. The number of carbonyl (C=O) groups is 1. The lowest BCUT2D eigenvalue weighted by atomic mass is 9.68. The van der Waals surface area contributed by atoms with Gasteiger partial charge in [0, 0.05) is 13.0 Å². The Bertz CT molecular complexity index is 859. The van der Waals surface area contributed by atoms with Crippen LogP contribution in [0.1, 0.15) is 51.0 Å². The van der Waals surface area contributed by atoms with E-state index < -0.39 is 23.4 Å². The fourth-order valence-electron chi connectivity index (χ4n) is 4.07. The second kappa shape index (κ2) is 9.49. The molecule has 1 amide bonds. The van der Waals surface area contributed by atoms with Gasteiger partial charge in [-0.25, -0.2) is 10.3 Å². The maximum atomic E-state index is 13.0. The van der Waals surface area contributed by atoms with Crippen LogP contribution >= 0.6 is 0 Å². The summed E-state index contributed by atoms with van der Waals surface area (Å²) in [6.45, 7) is 2.48. The third kappa shape index (κ3) is 4.83. The highest BCUT2D eigenvalue weighted by molar-refractivity contribution is 5.85. The number of hydrogen-bond donors (Lipinski definition) is 2. The van der Waals surface area contributed by atoms with Gasteiger partial charge in [-0.05, 0) is 55.7 Å². The summed E-state index contributed by atoms with van der Waals surface area (Å²) in [6.07, 6.45) is 4.17. The molecule has 1 aliphatic carbocycles. The van der Waals surface area contributed by atoms with Gasteiger partial charge in [-0.3, -0.25) is 4.79 Å². The van der Waals surface area contributed by atoms with Crippen molar-refractivity contribution >= 4 is 5.91 Å². The minimum Gasteiger partial charge on any atom is -0.386 e. The maximum absolute atomic E-state index is 13.0. The van der Waals surface area contributed by atoms with Crippen molar-refractivity contribution in [2.24, 2.45) is 0 Å². The molecule has 2 unspecified atom stereocenters. The van der Waals surface area contributed by atoms with Crippen LogP contribution in [0.15, 0.2) is 54.6 Å². The highest BCUT2D eigenvalue weighted by Gasteiger charge is 2.57. The summed E-state index contributed by atoms with van der Waals surface area (Å²) < 4.78 is 11.6. The first kappa shape index (κ1) is 22.0. The summed E-state index contributed by atoms with van der Waals surface area (Å²) in [5.74, 6) is -0.482. The SMILES string of the molecule is CC(OCc1ccc(-c2ccccc2)cc1)(C(=O)NOC1CCCCO1)C1(O)CCC1. The zero-order valence-corrected chi connectivity index (χ0v) is 18.0. The van der Waals surface area contributed by atoms with E-state index >= 15 is 0 Å². The molecule has 6 heteroatoms. The second-order valence-electron chi connectivity index (χ2n) is 8.62. The van der Waals surface area contributed by atoms with E-state index in [-0.39, 0.29) is 6.61 Å². The molecule has 166 valence electrons. The number of rotatable bonds is 8. The fraction of sp³-hybridized carbons (Fsp3) is 0.480. The predicted octanol–water partition coefficient (Wildman–Crippen LogP) is 4.12. The Morgan fingerprint density at radius 1 is 1.10 bits per heavy atom. The number of hydroxylamine groups is 1. The predicted molar refractivity (Wildman–Crippen MR) is 117 cm³/mol. The standard InChI is InChI=1S/C25H31NO5/c1-24(25(28)15-7-16-25,23(27)26-31-22-10-5-6-17-29-22)30-18-19-11-13-21(14-12-19)20-8-3-2-4-9-20/h2-4,8-9,11-14,22,28H,5-7,10,15-18H2,1H3,(H,26,27). The molecule has 6 nitrogen and oxygen atoms in total. The summed E-state index contributed by atoms with van der Waals surface area (Å²) in [5.41, 5.74) is 3.04. The number of nitrogens with one attached hydrogen (secondary N) is 1. The van der Waals surface area contributed by atoms with Crippen molar-refractivity contribution in [3.05, 3.63) is 60.2 Å². The third-order valence-electron chi connectivity index (χ3n) is 6.51. The minimum atomic E-state index is -1.42. The summed E-state index contributed by atoms with van der Waals surface area (Å²) in [6, 6.07) is 18.2. The highest BCUT2D eigenvalue weighted by Crippen LogP contribution is 2.43. The fourth-order valence-corrected chi connectivity index (χ4v) is 4.07. The molecule has 2 fully saturated rings. The monoisotopic (exact) mass is 425 g/mol. The largest absolute Gasteiger partial charge is 0.386 e. The molecule has 2 aliphatic rings. The van der Waals surface area contributed by atoms with Crippen LogP contribution in [0.25, 0.3) is 11.1 Å². The first-order valence-corrected chi connectivity index (χ1v) is 11.1. The molecule has 0 spiro atoms. The van der Waals surface area contributed by atoms with Crippen LogP contribution in [-0.2, 0) is 25.7 Å². The number of aliphatic hydroxyl groups is 1. The number of amides is 1. The lowest BCUT2D eigenvalue weighted by Gasteiger charge is -2.48. The molecule has 2 aromatic rings. The molecule has 0 bridgehead atoms. The Morgan fingerprint density at radius 2 is 1.81 bits per heavy atom. The van der Waals surface area contributed by atoms with Gasteiger partial charge in [-0.2, -0.15) is 0 Å². The molecule has 2 atom stereocenters. The lowest BCUT2D eigenvalue weighted by Crippen LogP contribution is -2.65. The lowest BCUT2D eigenvalue weighted by molar-refractivity contribution is -0.237. The number of ether oxygens (including phenoxy) is 2. The quantitative estimate of drug-likeness (QED) is 0.622. The number of benzene rings is 2. The summed E-state index contributed by atoms with van der Waals surface area (Å²) in [4.78, 5) is 18.5. The second-order valence-corrected chi connectivity index (χ2v) is 8.62. The molecule has 1 saturated carbocycles. The van der Waals surface area contributed by atoms with Gasteiger partial charge in [-0.1, -0.05) is 54.6 Å². The van der Waals surface area contributed by atoms with Gasteiger partial charge in [0.1, 0.15) is 5.60 Å². The molecule has 31 heavy (non-hydrogen) atoms. The van der Waals surface area contributed by atoms with E-state index in [2.05, 4.69) is 17.6 Å². The molecule has 1 saturated heterocycles. The van der Waals surface area contributed by atoms with Crippen LogP contribution in [0.4, 0.5) is 0 Å².